The van der Waals surface area contributed by atoms with Crippen molar-refractivity contribution in [2.24, 2.45) is 5.41 Å². The number of halogens is 7. The quantitative estimate of drug-likeness (QED) is 0.418. The van der Waals surface area contributed by atoms with Crippen LogP contribution in [0.3, 0.4) is 0 Å². The second-order valence-electron chi connectivity index (χ2n) is 7.98. The van der Waals surface area contributed by atoms with Gasteiger partial charge in [0.15, 0.2) is 11.6 Å². The minimum absolute atomic E-state index is 0.0484. The number of rotatable bonds is 5. The number of nitrogens with one attached hydrogen (secondary N) is 1. The zero-order chi connectivity index (χ0) is 26.2. The molecule has 0 aliphatic rings. The molecule has 13 heteroatoms. The average Bonchev–Trinajstić information content (AvgIpc) is 2.76. The van der Waals surface area contributed by atoms with Gasteiger partial charge in [-0.3, -0.25) is 4.79 Å². The summed E-state index contributed by atoms with van der Waals surface area (Å²) in [4.78, 5) is 23.6. The molecule has 1 aromatic heterocycles. The third-order valence-corrected chi connectivity index (χ3v) is 5.40. The number of aromatic hydroxyl groups is 1. The number of amides is 1. The molecule has 0 spiro atoms. The summed E-state index contributed by atoms with van der Waals surface area (Å²) < 4.78 is 78.4. The predicted octanol–water partition coefficient (Wildman–Crippen LogP) is 5.79. The molecule has 0 saturated heterocycles. The number of carbonyl (C=O) groups is 1. The van der Waals surface area contributed by atoms with Crippen molar-refractivity contribution < 1.29 is 36.2 Å². The van der Waals surface area contributed by atoms with Crippen LogP contribution in [0.1, 0.15) is 25.0 Å². The standard InChI is InChI=1S/C22H17ClF6N4O2/c1-20(2,22(27,28)29)18(34)30-10-11-6-7-15(23)14(8-11)17-31-16(32-19(35)33-17)12-4-3-5-13(9-12)21(24,25)26/h3-9H,10H2,1-2H3,(H,30,34)(H,31,32,33,35). The smallest absolute Gasteiger partial charge is 0.416 e. The van der Waals surface area contributed by atoms with Crippen LogP contribution >= 0.6 is 11.6 Å². The van der Waals surface area contributed by atoms with Crippen LogP contribution < -0.4 is 5.32 Å². The molecule has 0 unspecified atom stereocenters. The van der Waals surface area contributed by atoms with Crippen LogP contribution in [-0.4, -0.2) is 32.1 Å². The molecule has 0 radical (unpaired) electrons. The molecule has 0 saturated carbocycles. The van der Waals surface area contributed by atoms with Crippen molar-refractivity contribution in [2.75, 3.05) is 0 Å². The van der Waals surface area contributed by atoms with E-state index in [1.807, 2.05) is 0 Å². The number of hydrogen-bond acceptors (Lipinski definition) is 5. The highest BCUT2D eigenvalue weighted by molar-refractivity contribution is 6.33. The van der Waals surface area contributed by atoms with Crippen molar-refractivity contribution in [3.63, 3.8) is 0 Å². The van der Waals surface area contributed by atoms with Gasteiger partial charge < -0.3 is 10.4 Å². The van der Waals surface area contributed by atoms with E-state index in [0.717, 1.165) is 32.0 Å². The van der Waals surface area contributed by atoms with Crippen molar-refractivity contribution in [2.45, 2.75) is 32.7 Å². The molecule has 3 aromatic rings. The summed E-state index contributed by atoms with van der Waals surface area (Å²) >= 11 is 6.19. The van der Waals surface area contributed by atoms with Crippen molar-refractivity contribution in [1.29, 1.82) is 0 Å². The van der Waals surface area contributed by atoms with Gasteiger partial charge in [-0.05, 0) is 43.7 Å². The number of alkyl halides is 6. The van der Waals surface area contributed by atoms with Gasteiger partial charge in [-0.15, -0.1) is 0 Å². The van der Waals surface area contributed by atoms with Crippen molar-refractivity contribution in [3.05, 3.63) is 58.6 Å². The van der Waals surface area contributed by atoms with Crippen LogP contribution in [0.4, 0.5) is 26.3 Å². The molecule has 35 heavy (non-hydrogen) atoms. The second kappa shape index (κ2) is 9.33. The number of carbonyl (C=O) groups excluding carboxylic acids is 1. The lowest BCUT2D eigenvalue weighted by atomic mass is 9.91. The first-order valence-electron chi connectivity index (χ1n) is 9.86. The largest absolute Gasteiger partial charge is 0.479 e. The van der Waals surface area contributed by atoms with Gasteiger partial charge in [0.2, 0.25) is 5.91 Å². The Labute approximate surface area is 200 Å². The van der Waals surface area contributed by atoms with Gasteiger partial charge >= 0.3 is 18.4 Å². The number of hydrogen-bond donors (Lipinski definition) is 2. The molecule has 1 amide bonds. The monoisotopic (exact) mass is 518 g/mol. The first-order chi connectivity index (χ1) is 16.1. The van der Waals surface area contributed by atoms with Crippen LogP contribution in [0.5, 0.6) is 6.01 Å². The highest BCUT2D eigenvalue weighted by Crippen LogP contribution is 2.38. The molecular weight excluding hydrogens is 502 g/mol. The minimum atomic E-state index is -4.76. The minimum Gasteiger partial charge on any atom is -0.479 e. The highest BCUT2D eigenvalue weighted by Gasteiger charge is 2.52. The van der Waals surface area contributed by atoms with Gasteiger partial charge in [-0.2, -0.15) is 36.3 Å². The van der Waals surface area contributed by atoms with Gasteiger partial charge in [0, 0.05) is 17.7 Å². The van der Waals surface area contributed by atoms with Crippen molar-refractivity contribution in [1.82, 2.24) is 20.3 Å². The lowest BCUT2D eigenvalue weighted by molar-refractivity contribution is -0.211. The van der Waals surface area contributed by atoms with Crippen LogP contribution in [0.15, 0.2) is 42.5 Å². The molecule has 0 aliphatic carbocycles. The fourth-order valence-corrected chi connectivity index (χ4v) is 3.04. The van der Waals surface area contributed by atoms with E-state index in [0.29, 0.717) is 5.56 Å². The van der Waals surface area contributed by atoms with Crippen molar-refractivity contribution >= 4 is 17.5 Å². The van der Waals surface area contributed by atoms with E-state index in [1.54, 1.807) is 0 Å². The van der Waals surface area contributed by atoms with Gasteiger partial charge in [-0.25, -0.2) is 4.98 Å². The average molecular weight is 519 g/mol. The fourth-order valence-electron chi connectivity index (χ4n) is 2.83. The predicted molar refractivity (Wildman–Crippen MR) is 114 cm³/mol. The Morgan fingerprint density at radius 3 is 2.26 bits per heavy atom. The van der Waals surface area contributed by atoms with Gasteiger partial charge in [0.25, 0.3) is 0 Å². The van der Waals surface area contributed by atoms with E-state index in [-0.39, 0.29) is 34.3 Å². The molecule has 2 aromatic carbocycles. The first-order valence-corrected chi connectivity index (χ1v) is 10.2. The molecular formula is C22H17ClF6N4O2. The van der Waals surface area contributed by atoms with E-state index in [4.69, 9.17) is 11.6 Å². The third-order valence-electron chi connectivity index (χ3n) is 5.07. The van der Waals surface area contributed by atoms with Gasteiger partial charge in [0.05, 0.1) is 10.6 Å². The topological polar surface area (TPSA) is 88.0 Å². The SMILES string of the molecule is CC(C)(C(=O)NCc1ccc(Cl)c(-c2nc(O)nc(-c3cccc(C(F)(F)F)c3)n2)c1)C(F)(F)F. The first kappa shape index (κ1) is 26.2. The molecule has 6 nitrogen and oxygen atoms in total. The normalized spacial score (nSPS) is 12.5. The van der Waals surface area contributed by atoms with Crippen LogP contribution in [0.2, 0.25) is 5.02 Å². The molecule has 0 bridgehead atoms. The maximum absolute atomic E-state index is 13.1. The molecule has 3 rings (SSSR count). The second-order valence-corrected chi connectivity index (χ2v) is 8.39. The van der Waals surface area contributed by atoms with Gasteiger partial charge in [-0.1, -0.05) is 29.8 Å². The lowest BCUT2D eigenvalue weighted by Gasteiger charge is -2.26. The van der Waals surface area contributed by atoms with E-state index in [1.165, 1.54) is 24.3 Å². The summed E-state index contributed by atoms with van der Waals surface area (Å²) in [6.07, 6.45) is -9.37. The fraction of sp³-hybridized carbons (Fsp3) is 0.273. The number of aromatic nitrogens is 3. The highest BCUT2D eigenvalue weighted by atomic mass is 35.5. The molecule has 1 heterocycles. The van der Waals surface area contributed by atoms with E-state index in [2.05, 4.69) is 20.3 Å². The maximum Gasteiger partial charge on any atom is 0.416 e. The summed E-state index contributed by atoms with van der Waals surface area (Å²) in [5.74, 6) is -1.70. The lowest BCUT2D eigenvalue weighted by Crippen LogP contribution is -2.46. The Bertz CT molecular complexity index is 1260. The van der Waals surface area contributed by atoms with Crippen LogP contribution in [-0.2, 0) is 17.5 Å². The Kier molecular flexibility index (Phi) is 6.98. The Hall–Kier alpha value is -3.41. The molecule has 0 fully saturated rings. The summed E-state index contributed by atoms with van der Waals surface area (Å²) in [5.41, 5.74) is -3.18. The van der Waals surface area contributed by atoms with Crippen molar-refractivity contribution in [3.8, 4) is 28.8 Å². The zero-order valence-electron chi connectivity index (χ0n) is 18.1. The van der Waals surface area contributed by atoms with Crippen LogP contribution in [0, 0.1) is 5.41 Å². The summed E-state index contributed by atoms with van der Waals surface area (Å²) in [6.45, 7) is 1.21. The number of nitrogens with zero attached hydrogens (tertiary/aromatic N) is 3. The Balaban J connectivity index is 1.93. The zero-order valence-corrected chi connectivity index (χ0v) is 18.8. The Morgan fingerprint density at radius 1 is 0.971 bits per heavy atom. The molecule has 186 valence electrons. The van der Waals surface area contributed by atoms with Crippen LogP contribution in [0.25, 0.3) is 22.8 Å². The van der Waals surface area contributed by atoms with Gasteiger partial charge in [0.1, 0.15) is 5.41 Å². The molecule has 0 atom stereocenters. The summed E-state index contributed by atoms with van der Waals surface area (Å²) in [7, 11) is 0. The van der Waals surface area contributed by atoms with E-state index < -0.39 is 35.2 Å². The van der Waals surface area contributed by atoms with E-state index >= 15 is 0 Å². The van der Waals surface area contributed by atoms with E-state index in [9.17, 15) is 36.2 Å². The Morgan fingerprint density at radius 2 is 1.63 bits per heavy atom. The molecule has 2 N–H and O–H groups in total. The maximum atomic E-state index is 13.1. The molecule has 0 aliphatic heterocycles. The number of benzene rings is 2. The summed E-state index contributed by atoms with van der Waals surface area (Å²) in [5, 5.41) is 12.2. The summed E-state index contributed by atoms with van der Waals surface area (Å²) in [6, 6.07) is 7.52. The third kappa shape index (κ3) is 5.81.